The summed E-state index contributed by atoms with van der Waals surface area (Å²) in [6.45, 7) is 6.86. The quantitative estimate of drug-likeness (QED) is 0.850. The second-order valence-corrected chi connectivity index (χ2v) is 6.52. The van der Waals surface area contributed by atoms with E-state index in [2.05, 4.69) is 5.32 Å². The second-order valence-electron chi connectivity index (χ2n) is 6.52. The molecule has 0 aromatic rings. The maximum absolute atomic E-state index is 12.1. The van der Waals surface area contributed by atoms with Gasteiger partial charge < -0.3 is 10.1 Å². The average molecular weight is 268 g/mol. The van der Waals surface area contributed by atoms with Crippen molar-refractivity contribution in [3.63, 3.8) is 0 Å². The van der Waals surface area contributed by atoms with E-state index in [0.29, 0.717) is 12.5 Å². The van der Waals surface area contributed by atoms with Crippen LogP contribution in [0.5, 0.6) is 0 Å². The van der Waals surface area contributed by atoms with Crippen LogP contribution < -0.4 is 5.32 Å². The number of hydrogen-bond donors (Lipinski definition) is 1. The molecule has 0 aromatic heterocycles. The number of nitrogens with one attached hydrogen (secondary N) is 1. The first-order valence-corrected chi connectivity index (χ1v) is 7.14. The minimum atomic E-state index is -0.519. The van der Waals surface area contributed by atoms with Gasteiger partial charge in [0.1, 0.15) is 11.6 Å². The molecule has 0 bridgehead atoms. The van der Waals surface area contributed by atoms with Gasteiger partial charge in [0, 0.05) is 13.1 Å². The Balaban J connectivity index is 1.87. The van der Waals surface area contributed by atoms with Crippen LogP contribution in [-0.4, -0.2) is 41.6 Å². The Hall–Kier alpha value is -1.26. The molecule has 5 heteroatoms. The van der Waals surface area contributed by atoms with E-state index in [-0.39, 0.29) is 18.0 Å². The topological polar surface area (TPSA) is 58.6 Å². The van der Waals surface area contributed by atoms with E-state index in [1.165, 1.54) is 12.8 Å². The van der Waals surface area contributed by atoms with Gasteiger partial charge in [0.15, 0.2) is 0 Å². The Morgan fingerprint density at radius 1 is 1.26 bits per heavy atom. The predicted molar refractivity (Wildman–Crippen MR) is 71.7 cm³/mol. The van der Waals surface area contributed by atoms with Gasteiger partial charge in [0.25, 0.3) is 0 Å². The van der Waals surface area contributed by atoms with E-state index in [0.717, 1.165) is 19.4 Å². The molecule has 1 atom stereocenters. The van der Waals surface area contributed by atoms with Crippen LogP contribution in [0.1, 0.15) is 46.5 Å². The van der Waals surface area contributed by atoms with Gasteiger partial charge in [-0.2, -0.15) is 0 Å². The lowest BCUT2D eigenvalue weighted by molar-refractivity contribution is -0.125. The van der Waals surface area contributed by atoms with Crippen molar-refractivity contribution in [3.05, 3.63) is 0 Å². The number of likely N-dealkylation sites (tertiary alicyclic amines) is 1. The summed E-state index contributed by atoms with van der Waals surface area (Å²) in [5.41, 5.74) is -0.519. The van der Waals surface area contributed by atoms with E-state index >= 15 is 0 Å². The Kier molecular flexibility index (Phi) is 4.02. The summed E-state index contributed by atoms with van der Waals surface area (Å²) < 4.78 is 5.35. The molecule has 1 heterocycles. The van der Waals surface area contributed by atoms with Gasteiger partial charge in [-0.1, -0.05) is 0 Å². The fourth-order valence-corrected chi connectivity index (χ4v) is 2.26. The van der Waals surface area contributed by atoms with E-state index in [4.69, 9.17) is 4.74 Å². The van der Waals surface area contributed by atoms with Crippen LogP contribution in [-0.2, 0) is 9.53 Å². The molecule has 5 nitrogen and oxygen atoms in total. The van der Waals surface area contributed by atoms with E-state index in [1.54, 1.807) is 4.90 Å². The van der Waals surface area contributed by atoms with Crippen LogP contribution in [0.25, 0.3) is 0 Å². The largest absolute Gasteiger partial charge is 0.444 e. The first-order valence-electron chi connectivity index (χ1n) is 7.14. The predicted octanol–water partition coefficient (Wildman–Crippen LogP) is 1.91. The lowest BCUT2D eigenvalue weighted by atomic mass is 10.2. The molecule has 19 heavy (non-hydrogen) atoms. The summed E-state index contributed by atoms with van der Waals surface area (Å²) >= 11 is 0. The number of nitrogens with zero attached hydrogens (tertiary/aromatic N) is 1. The molecule has 0 radical (unpaired) electrons. The van der Waals surface area contributed by atoms with E-state index in [1.807, 2.05) is 20.8 Å². The monoisotopic (exact) mass is 268 g/mol. The highest BCUT2D eigenvalue weighted by Crippen LogP contribution is 2.28. The number of carbonyl (C=O) groups excluding carboxylic acids is 2. The molecule has 1 saturated heterocycles. The first-order chi connectivity index (χ1) is 8.87. The standard InChI is InChI=1S/C14H24N2O3/c1-14(2,3)19-13(18)16-8-4-5-11(16)12(17)15-9-10-6-7-10/h10-11H,4-9H2,1-3H3,(H,15,17)/t11-/m0/s1. The lowest BCUT2D eigenvalue weighted by Gasteiger charge is -2.28. The van der Waals surface area contributed by atoms with Crippen LogP contribution >= 0.6 is 0 Å². The van der Waals surface area contributed by atoms with Crippen LogP contribution in [0.4, 0.5) is 4.79 Å². The zero-order valence-corrected chi connectivity index (χ0v) is 12.1. The van der Waals surface area contributed by atoms with Crippen molar-refractivity contribution >= 4 is 12.0 Å². The number of amides is 2. The van der Waals surface area contributed by atoms with E-state index in [9.17, 15) is 9.59 Å². The lowest BCUT2D eigenvalue weighted by Crippen LogP contribution is -2.47. The fourth-order valence-electron chi connectivity index (χ4n) is 2.26. The minimum Gasteiger partial charge on any atom is -0.444 e. The summed E-state index contributed by atoms with van der Waals surface area (Å²) in [6, 6.07) is -0.353. The SMILES string of the molecule is CC(C)(C)OC(=O)N1CCC[C@H]1C(=O)NCC1CC1. The zero-order chi connectivity index (χ0) is 14.0. The summed E-state index contributed by atoms with van der Waals surface area (Å²) in [7, 11) is 0. The van der Waals surface area contributed by atoms with Crippen molar-refractivity contribution in [2.45, 2.75) is 58.1 Å². The summed E-state index contributed by atoms with van der Waals surface area (Å²) in [6.07, 6.45) is 3.63. The van der Waals surface area contributed by atoms with Crippen molar-refractivity contribution in [2.24, 2.45) is 5.92 Å². The Bertz CT molecular complexity index is 358. The summed E-state index contributed by atoms with van der Waals surface area (Å²) in [5, 5.41) is 2.95. The van der Waals surface area contributed by atoms with Gasteiger partial charge in [-0.05, 0) is 52.4 Å². The molecule has 1 aliphatic carbocycles. The van der Waals surface area contributed by atoms with Crippen molar-refractivity contribution in [1.82, 2.24) is 10.2 Å². The molecule has 2 aliphatic rings. The maximum Gasteiger partial charge on any atom is 0.410 e. The number of ether oxygens (including phenoxy) is 1. The van der Waals surface area contributed by atoms with Crippen molar-refractivity contribution in [3.8, 4) is 0 Å². The molecule has 2 rings (SSSR count). The molecular formula is C14H24N2O3. The van der Waals surface area contributed by atoms with Crippen LogP contribution in [0.2, 0.25) is 0 Å². The molecule has 2 amide bonds. The van der Waals surface area contributed by atoms with Crippen molar-refractivity contribution < 1.29 is 14.3 Å². The average Bonchev–Trinajstić information content (AvgIpc) is 2.98. The number of carbonyl (C=O) groups is 2. The summed E-state index contributed by atoms with van der Waals surface area (Å²) in [5.74, 6) is 0.621. The first kappa shape index (κ1) is 14.2. The third kappa shape index (κ3) is 4.11. The van der Waals surface area contributed by atoms with Gasteiger partial charge in [0.2, 0.25) is 5.91 Å². The Morgan fingerprint density at radius 2 is 1.95 bits per heavy atom. The molecule has 0 aromatic carbocycles. The third-order valence-electron chi connectivity index (χ3n) is 3.45. The molecule has 0 spiro atoms. The maximum atomic E-state index is 12.1. The highest BCUT2D eigenvalue weighted by molar-refractivity contribution is 5.86. The number of hydrogen-bond acceptors (Lipinski definition) is 3. The van der Waals surface area contributed by atoms with Crippen molar-refractivity contribution in [2.75, 3.05) is 13.1 Å². The minimum absolute atomic E-state index is 0.0322. The highest BCUT2D eigenvalue weighted by atomic mass is 16.6. The molecule has 2 fully saturated rings. The van der Waals surface area contributed by atoms with Gasteiger partial charge in [-0.25, -0.2) is 4.79 Å². The Morgan fingerprint density at radius 3 is 2.53 bits per heavy atom. The van der Waals surface area contributed by atoms with Gasteiger partial charge in [-0.15, -0.1) is 0 Å². The zero-order valence-electron chi connectivity index (χ0n) is 12.1. The van der Waals surface area contributed by atoms with Crippen LogP contribution in [0.3, 0.4) is 0 Å². The van der Waals surface area contributed by atoms with Gasteiger partial charge in [0.05, 0.1) is 0 Å². The van der Waals surface area contributed by atoms with Gasteiger partial charge in [-0.3, -0.25) is 9.69 Å². The molecule has 1 aliphatic heterocycles. The van der Waals surface area contributed by atoms with Crippen LogP contribution in [0.15, 0.2) is 0 Å². The smallest absolute Gasteiger partial charge is 0.410 e. The molecule has 1 N–H and O–H groups in total. The number of rotatable bonds is 3. The fraction of sp³-hybridized carbons (Fsp3) is 0.857. The molecule has 108 valence electrons. The molecular weight excluding hydrogens is 244 g/mol. The second kappa shape index (κ2) is 5.39. The molecule has 0 unspecified atom stereocenters. The third-order valence-corrected chi connectivity index (χ3v) is 3.45. The van der Waals surface area contributed by atoms with Crippen molar-refractivity contribution in [1.29, 1.82) is 0 Å². The van der Waals surface area contributed by atoms with Crippen LogP contribution in [0, 0.1) is 5.92 Å². The Labute approximate surface area is 114 Å². The normalized spacial score (nSPS) is 23.3. The van der Waals surface area contributed by atoms with E-state index < -0.39 is 5.60 Å². The molecule has 1 saturated carbocycles. The summed E-state index contributed by atoms with van der Waals surface area (Å²) in [4.78, 5) is 25.7. The van der Waals surface area contributed by atoms with Gasteiger partial charge >= 0.3 is 6.09 Å². The highest BCUT2D eigenvalue weighted by Gasteiger charge is 2.37.